The minimum atomic E-state index is -4.65. The predicted molar refractivity (Wildman–Crippen MR) is 63.1 cm³/mol. The number of ether oxygens (including phenoxy) is 2. The van der Waals surface area contributed by atoms with E-state index in [9.17, 15) is 18.0 Å². The quantitative estimate of drug-likeness (QED) is 0.909. The van der Waals surface area contributed by atoms with Crippen LogP contribution in [0.2, 0.25) is 0 Å². The van der Waals surface area contributed by atoms with Gasteiger partial charge in [0.15, 0.2) is 11.5 Å². The van der Waals surface area contributed by atoms with Crippen molar-refractivity contribution in [2.45, 2.75) is 25.4 Å². The van der Waals surface area contributed by atoms with E-state index in [2.05, 4.69) is 0 Å². The first-order chi connectivity index (χ1) is 9.30. The van der Waals surface area contributed by atoms with Gasteiger partial charge in [0, 0.05) is 6.42 Å². The van der Waals surface area contributed by atoms with Crippen molar-refractivity contribution in [3.8, 4) is 11.5 Å². The number of alkyl halides is 3. The lowest BCUT2D eigenvalue weighted by molar-refractivity contribution is -0.141. The molecule has 1 atom stereocenters. The Bertz CT molecular complexity index is 525. The van der Waals surface area contributed by atoms with E-state index in [1.54, 1.807) is 0 Å². The maximum absolute atomic E-state index is 13.1. The molecule has 0 spiro atoms. The third-order valence-corrected chi connectivity index (χ3v) is 3.06. The number of aliphatic carboxylic acids is 1. The summed E-state index contributed by atoms with van der Waals surface area (Å²) in [5, 5.41) is 8.95. The zero-order chi connectivity index (χ0) is 14.9. The van der Waals surface area contributed by atoms with Crippen LogP contribution in [0.3, 0.4) is 0 Å². The van der Waals surface area contributed by atoms with Crippen molar-refractivity contribution < 1.29 is 32.5 Å². The van der Waals surface area contributed by atoms with Crippen molar-refractivity contribution in [1.29, 1.82) is 0 Å². The highest BCUT2D eigenvalue weighted by molar-refractivity contribution is 5.77. The maximum Gasteiger partial charge on any atom is 0.416 e. The van der Waals surface area contributed by atoms with Crippen molar-refractivity contribution in [2.75, 3.05) is 13.2 Å². The first-order valence-corrected chi connectivity index (χ1v) is 6.04. The Morgan fingerprint density at radius 1 is 1.25 bits per heavy atom. The lowest BCUT2D eigenvalue weighted by Crippen LogP contribution is -2.16. The van der Waals surface area contributed by atoms with Gasteiger partial charge >= 0.3 is 12.1 Å². The van der Waals surface area contributed by atoms with Gasteiger partial charge in [0.2, 0.25) is 0 Å². The number of hydrogen-bond donors (Lipinski definition) is 1. The smallest absolute Gasteiger partial charge is 0.416 e. The van der Waals surface area contributed by atoms with Crippen LogP contribution in [-0.4, -0.2) is 24.3 Å². The Morgan fingerprint density at radius 3 is 2.30 bits per heavy atom. The summed E-state index contributed by atoms with van der Waals surface area (Å²) >= 11 is 0. The van der Waals surface area contributed by atoms with Crippen LogP contribution in [0, 0.1) is 0 Å². The monoisotopic (exact) mass is 290 g/mol. The molecule has 1 unspecified atom stereocenters. The van der Waals surface area contributed by atoms with Crippen molar-refractivity contribution in [1.82, 2.24) is 0 Å². The number of benzene rings is 1. The fourth-order valence-corrected chi connectivity index (χ4v) is 1.96. The molecular formula is C13H13F3O4. The summed E-state index contributed by atoms with van der Waals surface area (Å²) in [4.78, 5) is 11.0. The van der Waals surface area contributed by atoms with E-state index in [4.69, 9.17) is 14.6 Å². The molecule has 0 saturated carbocycles. The molecule has 2 rings (SSSR count). The summed E-state index contributed by atoms with van der Waals surface area (Å²) in [7, 11) is 0. The summed E-state index contributed by atoms with van der Waals surface area (Å²) in [5.74, 6) is -2.47. The van der Waals surface area contributed by atoms with Gasteiger partial charge in [-0.2, -0.15) is 13.2 Å². The van der Waals surface area contributed by atoms with Gasteiger partial charge in [-0.05, 0) is 24.6 Å². The van der Waals surface area contributed by atoms with Crippen LogP contribution in [0.1, 0.15) is 30.4 Å². The third-order valence-electron chi connectivity index (χ3n) is 3.06. The van der Waals surface area contributed by atoms with Crippen molar-refractivity contribution >= 4 is 5.97 Å². The van der Waals surface area contributed by atoms with E-state index in [0.717, 1.165) is 12.1 Å². The molecule has 7 heteroatoms. The largest absolute Gasteiger partial charge is 0.490 e. The Hall–Kier alpha value is -1.92. The third kappa shape index (κ3) is 2.81. The van der Waals surface area contributed by atoms with Crippen LogP contribution < -0.4 is 9.47 Å². The van der Waals surface area contributed by atoms with Crippen LogP contribution in [0.4, 0.5) is 13.2 Å². The van der Waals surface area contributed by atoms with Crippen LogP contribution in [0.5, 0.6) is 11.5 Å². The topological polar surface area (TPSA) is 55.8 Å². The summed E-state index contributed by atoms with van der Waals surface area (Å²) in [6, 6.07) is 1.93. The highest BCUT2D eigenvalue weighted by Crippen LogP contribution is 2.42. The fraction of sp³-hybridized carbons (Fsp3) is 0.462. The van der Waals surface area contributed by atoms with Gasteiger partial charge in [0.1, 0.15) is 0 Å². The van der Waals surface area contributed by atoms with E-state index >= 15 is 0 Å². The minimum Gasteiger partial charge on any atom is -0.490 e. The number of carboxylic acids is 1. The van der Waals surface area contributed by atoms with E-state index in [0.29, 0.717) is 13.0 Å². The molecule has 0 saturated heterocycles. The molecule has 20 heavy (non-hydrogen) atoms. The van der Waals surface area contributed by atoms with Crippen LogP contribution in [-0.2, 0) is 11.0 Å². The molecule has 0 radical (unpaired) electrons. The second-order valence-electron chi connectivity index (χ2n) is 4.49. The molecule has 0 amide bonds. The van der Waals surface area contributed by atoms with Gasteiger partial charge < -0.3 is 14.6 Å². The van der Waals surface area contributed by atoms with Crippen molar-refractivity contribution in [3.63, 3.8) is 0 Å². The molecule has 0 aliphatic carbocycles. The highest BCUT2D eigenvalue weighted by atomic mass is 19.4. The van der Waals surface area contributed by atoms with Gasteiger partial charge in [-0.15, -0.1) is 0 Å². The van der Waals surface area contributed by atoms with Gasteiger partial charge in [0.25, 0.3) is 0 Å². The lowest BCUT2D eigenvalue weighted by Gasteiger charge is -2.18. The average Bonchev–Trinajstić information content (AvgIpc) is 2.59. The molecule has 4 nitrogen and oxygen atoms in total. The molecule has 1 aliphatic rings. The molecule has 1 aromatic rings. The van der Waals surface area contributed by atoms with Crippen molar-refractivity contribution in [2.24, 2.45) is 0 Å². The second kappa shape index (κ2) is 5.22. The number of fused-ring (bicyclic) bond motifs is 1. The van der Waals surface area contributed by atoms with Gasteiger partial charge in [-0.1, -0.05) is 0 Å². The van der Waals surface area contributed by atoms with Crippen LogP contribution in [0.15, 0.2) is 12.1 Å². The van der Waals surface area contributed by atoms with E-state index in [1.165, 1.54) is 6.92 Å². The number of rotatable bonds is 2. The summed E-state index contributed by atoms with van der Waals surface area (Å²) in [6.45, 7) is 1.79. The Kier molecular flexibility index (Phi) is 3.78. The molecule has 1 aliphatic heterocycles. The molecule has 0 bridgehead atoms. The molecule has 1 heterocycles. The molecule has 1 aromatic carbocycles. The average molecular weight is 290 g/mol. The zero-order valence-corrected chi connectivity index (χ0v) is 10.7. The number of carbonyl (C=O) groups is 1. The van der Waals surface area contributed by atoms with Gasteiger partial charge in [-0.3, -0.25) is 4.79 Å². The van der Waals surface area contributed by atoms with E-state index in [1.807, 2.05) is 0 Å². The van der Waals surface area contributed by atoms with Crippen LogP contribution in [0.25, 0.3) is 0 Å². The Labute approximate surface area is 113 Å². The summed E-state index contributed by atoms with van der Waals surface area (Å²) in [5.41, 5.74) is -1.33. The van der Waals surface area contributed by atoms with Crippen molar-refractivity contribution in [3.05, 3.63) is 23.3 Å². The van der Waals surface area contributed by atoms with Gasteiger partial charge in [-0.25, -0.2) is 0 Å². The number of carboxylic acid groups (broad SMARTS) is 1. The van der Waals surface area contributed by atoms with E-state index < -0.39 is 23.6 Å². The number of halogens is 3. The SMILES string of the molecule is CC(C(=O)O)c1cc2c(cc1C(F)(F)F)OCCCO2. The summed E-state index contributed by atoms with van der Waals surface area (Å²) < 4.78 is 49.7. The van der Waals surface area contributed by atoms with Crippen LogP contribution >= 0.6 is 0 Å². The minimum absolute atomic E-state index is 0.00355. The molecule has 110 valence electrons. The number of hydrogen-bond acceptors (Lipinski definition) is 3. The standard InChI is InChI=1S/C13H13F3O4/c1-7(12(17)18)8-5-10-11(20-4-2-3-19-10)6-9(8)13(14,15)16/h5-7H,2-4H2,1H3,(H,17,18). The fourth-order valence-electron chi connectivity index (χ4n) is 1.96. The first kappa shape index (κ1) is 14.5. The molecule has 1 N–H and O–H groups in total. The first-order valence-electron chi connectivity index (χ1n) is 6.04. The lowest BCUT2D eigenvalue weighted by atomic mass is 9.94. The predicted octanol–water partition coefficient (Wildman–Crippen LogP) is 3.05. The molecular weight excluding hydrogens is 277 g/mol. The Balaban J connectivity index is 2.58. The summed E-state index contributed by atoms with van der Waals surface area (Å²) in [6.07, 6.45) is -4.09. The van der Waals surface area contributed by atoms with E-state index in [-0.39, 0.29) is 23.7 Å². The zero-order valence-electron chi connectivity index (χ0n) is 10.7. The maximum atomic E-state index is 13.1. The molecule has 0 aromatic heterocycles. The van der Waals surface area contributed by atoms with Gasteiger partial charge in [0.05, 0.1) is 24.7 Å². The normalized spacial score (nSPS) is 16.4. The highest BCUT2D eigenvalue weighted by Gasteiger charge is 2.37. The second-order valence-corrected chi connectivity index (χ2v) is 4.49. The molecule has 0 fully saturated rings. The Morgan fingerprint density at radius 2 is 1.80 bits per heavy atom.